The molecule has 0 aliphatic carbocycles. The van der Waals surface area contributed by atoms with Crippen LogP contribution >= 0.6 is 0 Å². The lowest BCUT2D eigenvalue weighted by molar-refractivity contribution is 0.636. The Balaban J connectivity index is 2.18. The minimum Gasteiger partial charge on any atom is -0.345 e. The zero-order valence-corrected chi connectivity index (χ0v) is 13.1. The van der Waals surface area contributed by atoms with Gasteiger partial charge in [-0.25, -0.2) is 9.37 Å². The monoisotopic (exact) mass is 302 g/mol. The molecule has 0 fully saturated rings. The number of imidazole rings is 1. The molecular weight excluding hydrogens is 286 g/mol. The number of hydrogen-bond acceptors (Lipinski definition) is 1. The van der Waals surface area contributed by atoms with Crippen molar-refractivity contribution >= 4 is 25.0 Å². The van der Waals surface area contributed by atoms with Gasteiger partial charge in [0.15, 0.2) is 0 Å². The van der Waals surface area contributed by atoms with Crippen molar-refractivity contribution in [3.8, 4) is 0 Å². The second-order valence-electron chi connectivity index (χ2n) is 5.55. The average molecular weight is 302 g/mol. The second-order valence-corrected chi connectivity index (χ2v) is 5.55. The van der Waals surface area contributed by atoms with E-state index in [0.717, 1.165) is 22.4 Å². The third-order valence-corrected chi connectivity index (χ3v) is 4.02. The maximum absolute atomic E-state index is 13.7. The number of aromatic nitrogens is 2. The summed E-state index contributed by atoms with van der Waals surface area (Å²) in [5.74, 6) is -0.413. The summed E-state index contributed by atoms with van der Waals surface area (Å²) in [7, 11) is 5.56. The Morgan fingerprint density at radius 3 is 2.74 bits per heavy atom. The summed E-state index contributed by atoms with van der Waals surface area (Å²) in [4.78, 5) is 7.23. The predicted octanol–water partition coefficient (Wildman–Crippen LogP) is 3.55. The van der Waals surface area contributed by atoms with Crippen LogP contribution in [0.1, 0.15) is 27.9 Å². The van der Waals surface area contributed by atoms with Crippen molar-refractivity contribution < 1.29 is 4.39 Å². The second kappa shape index (κ2) is 6.25. The predicted molar refractivity (Wildman–Crippen MR) is 93.3 cm³/mol. The third-order valence-electron chi connectivity index (χ3n) is 4.02. The first-order valence-corrected chi connectivity index (χ1v) is 7.38. The Morgan fingerprint density at radius 2 is 2.04 bits per heavy atom. The van der Waals surface area contributed by atoms with E-state index in [9.17, 15) is 4.39 Å². The third kappa shape index (κ3) is 3.11. The summed E-state index contributed by atoms with van der Waals surface area (Å²) < 4.78 is 13.7. The number of benzene rings is 2. The molecule has 2 nitrogen and oxygen atoms in total. The highest BCUT2D eigenvalue weighted by atomic mass is 19.1. The van der Waals surface area contributed by atoms with Crippen LogP contribution in [0.2, 0.25) is 0 Å². The Hall–Kier alpha value is -2.62. The summed E-state index contributed by atoms with van der Waals surface area (Å²) in [6.45, 7) is 4.16. The van der Waals surface area contributed by atoms with Gasteiger partial charge in [0.1, 0.15) is 13.7 Å². The van der Waals surface area contributed by atoms with Crippen LogP contribution in [-0.4, -0.2) is 17.8 Å². The van der Waals surface area contributed by atoms with Crippen LogP contribution in [0, 0.1) is 19.7 Å². The molecule has 0 spiro atoms. The molecule has 2 radical (unpaired) electrons. The molecular formula is C19H16BFN2. The van der Waals surface area contributed by atoms with Crippen molar-refractivity contribution in [2.45, 2.75) is 13.8 Å². The molecule has 1 aromatic heterocycles. The van der Waals surface area contributed by atoms with Crippen molar-refractivity contribution in [2.24, 2.45) is 0 Å². The molecule has 1 heterocycles. The van der Waals surface area contributed by atoms with Crippen LogP contribution < -0.4 is 5.46 Å². The Kier molecular flexibility index (Phi) is 4.15. The van der Waals surface area contributed by atoms with Gasteiger partial charge < -0.3 is 4.98 Å². The van der Waals surface area contributed by atoms with Gasteiger partial charge in [-0.15, -0.1) is 0 Å². The first-order valence-electron chi connectivity index (χ1n) is 7.38. The lowest BCUT2D eigenvalue weighted by Crippen LogP contribution is -2.07. The van der Waals surface area contributed by atoms with Gasteiger partial charge in [0.05, 0.1) is 18.2 Å². The highest BCUT2D eigenvalue weighted by Crippen LogP contribution is 2.28. The van der Waals surface area contributed by atoms with Crippen molar-refractivity contribution in [3.63, 3.8) is 0 Å². The Morgan fingerprint density at radius 1 is 1.22 bits per heavy atom. The van der Waals surface area contributed by atoms with Gasteiger partial charge in [-0.1, -0.05) is 35.8 Å². The molecule has 0 bridgehead atoms. The summed E-state index contributed by atoms with van der Waals surface area (Å²) in [6.07, 6.45) is 5.34. The normalized spacial score (nSPS) is 11.7. The first kappa shape index (κ1) is 15.3. The zero-order chi connectivity index (χ0) is 16.4. The minimum absolute atomic E-state index is 0.150. The highest BCUT2D eigenvalue weighted by molar-refractivity contribution is 6.32. The number of aromatic amines is 1. The fraction of sp³-hybridized carbons (Fsp3) is 0.105. The van der Waals surface area contributed by atoms with Crippen LogP contribution in [0.15, 0.2) is 48.9 Å². The number of H-pyrrole nitrogens is 1. The number of halogens is 1. The molecule has 2 aromatic carbocycles. The molecule has 1 N–H and O–H groups in total. The van der Waals surface area contributed by atoms with E-state index in [2.05, 4.69) is 35.9 Å². The van der Waals surface area contributed by atoms with Crippen molar-refractivity contribution in [1.29, 1.82) is 0 Å². The van der Waals surface area contributed by atoms with Gasteiger partial charge in [0, 0.05) is 5.57 Å². The SMILES string of the molecule is [B]c1ccc(/C=C(\c2cnc[nH]2)c2cccc(C)c2C)cc1F. The smallest absolute Gasteiger partial charge is 0.117 e. The van der Waals surface area contributed by atoms with Crippen LogP contribution in [0.25, 0.3) is 11.6 Å². The largest absolute Gasteiger partial charge is 0.345 e. The van der Waals surface area contributed by atoms with E-state index in [1.54, 1.807) is 24.7 Å². The summed E-state index contributed by atoms with van der Waals surface area (Å²) in [5.41, 5.74) is 6.23. The van der Waals surface area contributed by atoms with Crippen molar-refractivity contribution in [1.82, 2.24) is 9.97 Å². The van der Waals surface area contributed by atoms with Gasteiger partial charge >= 0.3 is 0 Å². The van der Waals surface area contributed by atoms with E-state index < -0.39 is 5.82 Å². The van der Waals surface area contributed by atoms with Crippen molar-refractivity contribution in [2.75, 3.05) is 0 Å². The van der Waals surface area contributed by atoms with Gasteiger partial charge in [-0.2, -0.15) is 0 Å². The number of aryl methyl sites for hydroxylation is 1. The molecule has 0 amide bonds. The molecule has 4 heteroatoms. The molecule has 0 atom stereocenters. The maximum atomic E-state index is 13.7. The minimum atomic E-state index is -0.413. The summed E-state index contributed by atoms with van der Waals surface area (Å²) >= 11 is 0. The van der Waals surface area contributed by atoms with E-state index in [4.69, 9.17) is 7.85 Å². The van der Waals surface area contributed by atoms with Gasteiger partial charge in [-0.05, 0) is 48.2 Å². The summed E-state index contributed by atoms with van der Waals surface area (Å²) in [6, 6.07) is 11.0. The van der Waals surface area contributed by atoms with Crippen LogP contribution in [0.3, 0.4) is 0 Å². The first-order chi connectivity index (χ1) is 11.1. The Labute approximate surface area is 136 Å². The van der Waals surface area contributed by atoms with Crippen LogP contribution in [-0.2, 0) is 0 Å². The number of rotatable bonds is 3. The topological polar surface area (TPSA) is 28.7 Å². The highest BCUT2D eigenvalue weighted by Gasteiger charge is 2.11. The van der Waals surface area contributed by atoms with Gasteiger partial charge in [0.25, 0.3) is 0 Å². The maximum Gasteiger partial charge on any atom is 0.117 e. The molecule has 0 unspecified atom stereocenters. The standard InChI is InChI=1S/C19H16BFN2/c1-12-4-3-5-15(13(12)2)16(19-10-22-11-23-19)8-14-6-7-17(20)18(21)9-14/h3-11H,1-2H3,(H,22,23)/b16-8-. The fourth-order valence-corrected chi connectivity index (χ4v) is 2.55. The quantitative estimate of drug-likeness (QED) is 0.582. The lowest BCUT2D eigenvalue weighted by Gasteiger charge is -2.12. The molecule has 3 aromatic rings. The van der Waals surface area contributed by atoms with E-state index in [1.165, 1.54) is 17.2 Å². The zero-order valence-electron chi connectivity index (χ0n) is 13.1. The number of nitrogens with zero attached hydrogens (tertiary/aromatic N) is 1. The average Bonchev–Trinajstić information content (AvgIpc) is 3.06. The van der Waals surface area contributed by atoms with Crippen LogP contribution in [0.4, 0.5) is 4.39 Å². The molecule has 0 saturated carbocycles. The summed E-state index contributed by atoms with van der Waals surface area (Å²) in [5, 5.41) is 0. The van der Waals surface area contributed by atoms with E-state index in [0.29, 0.717) is 0 Å². The Bertz CT molecular complexity index is 867. The molecule has 0 aliphatic rings. The molecule has 0 aliphatic heterocycles. The van der Waals surface area contributed by atoms with Gasteiger partial charge in [-0.3, -0.25) is 0 Å². The molecule has 23 heavy (non-hydrogen) atoms. The van der Waals surface area contributed by atoms with E-state index >= 15 is 0 Å². The number of nitrogens with one attached hydrogen (secondary N) is 1. The molecule has 112 valence electrons. The van der Waals surface area contributed by atoms with E-state index in [1.807, 2.05) is 12.1 Å². The molecule has 3 rings (SSSR count). The number of hydrogen-bond donors (Lipinski definition) is 1. The van der Waals surface area contributed by atoms with Gasteiger partial charge in [0.2, 0.25) is 0 Å². The van der Waals surface area contributed by atoms with Crippen molar-refractivity contribution in [3.05, 3.63) is 82.7 Å². The lowest BCUT2D eigenvalue weighted by atomic mass is 9.91. The van der Waals surface area contributed by atoms with Crippen LogP contribution in [0.5, 0.6) is 0 Å². The van der Waals surface area contributed by atoms with E-state index in [-0.39, 0.29) is 5.46 Å². The molecule has 0 saturated heterocycles. The fourth-order valence-electron chi connectivity index (χ4n) is 2.55.